The number of hydrogen-bond acceptors (Lipinski definition) is 2. The molecule has 3 heteroatoms. The number of hydrogen-bond donors (Lipinski definition) is 1. The van der Waals surface area contributed by atoms with Gasteiger partial charge in [0.2, 0.25) is 0 Å². The molecule has 0 spiro atoms. The molecule has 13 heavy (non-hydrogen) atoms. The molecular weight excluding hydrogens is 169 g/mol. The van der Waals surface area contributed by atoms with Crippen molar-refractivity contribution in [3.05, 3.63) is 35.1 Å². The lowest BCUT2D eigenvalue weighted by molar-refractivity contribution is 0.350. The molecule has 0 heterocycles. The van der Waals surface area contributed by atoms with Gasteiger partial charge in [-0.2, -0.15) is 5.26 Å². The second kappa shape index (κ2) is 4.25. The first-order valence-electron chi connectivity index (χ1n) is 3.58. The topological polar surface area (TPSA) is 44.0 Å². The van der Waals surface area contributed by atoms with Gasteiger partial charge in [0.05, 0.1) is 11.1 Å². The van der Waals surface area contributed by atoms with Crippen LogP contribution in [0.3, 0.4) is 0 Å². The smallest absolute Gasteiger partial charge is 0.156 e. The van der Waals surface area contributed by atoms with Crippen LogP contribution in [0.4, 0.5) is 4.39 Å². The molecule has 0 saturated heterocycles. The molecule has 0 unspecified atom stereocenters. The van der Waals surface area contributed by atoms with Crippen molar-refractivity contribution in [2.45, 2.75) is 0 Å². The summed E-state index contributed by atoms with van der Waals surface area (Å²) in [4.78, 5) is 0. The molecule has 0 aliphatic rings. The monoisotopic (exact) mass is 175 g/mol. The predicted molar refractivity (Wildman–Crippen MR) is 45.1 cm³/mol. The SMILES string of the molecule is N#Cc1cccc(C#CCO)c1F. The van der Waals surface area contributed by atoms with Crippen LogP contribution in [0.25, 0.3) is 0 Å². The van der Waals surface area contributed by atoms with Gasteiger partial charge in [-0.05, 0) is 12.1 Å². The van der Waals surface area contributed by atoms with Crippen LogP contribution in [-0.2, 0) is 0 Å². The van der Waals surface area contributed by atoms with Gasteiger partial charge in [-0.15, -0.1) is 0 Å². The van der Waals surface area contributed by atoms with E-state index in [2.05, 4.69) is 11.8 Å². The Morgan fingerprint density at radius 3 is 2.69 bits per heavy atom. The van der Waals surface area contributed by atoms with E-state index >= 15 is 0 Å². The zero-order valence-corrected chi connectivity index (χ0v) is 6.71. The number of rotatable bonds is 0. The molecule has 0 aliphatic carbocycles. The average Bonchev–Trinajstić information content (AvgIpc) is 2.16. The Kier molecular flexibility index (Phi) is 3.03. The van der Waals surface area contributed by atoms with Gasteiger partial charge in [0.15, 0.2) is 5.82 Å². The second-order valence-corrected chi connectivity index (χ2v) is 2.24. The van der Waals surface area contributed by atoms with E-state index in [4.69, 9.17) is 10.4 Å². The maximum absolute atomic E-state index is 13.2. The fourth-order valence-electron chi connectivity index (χ4n) is 0.850. The summed E-state index contributed by atoms with van der Waals surface area (Å²) in [6.45, 7) is -0.323. The van der Waals surface area contributed by atoms with Gasteiger partial charge in [-0.3, -0.25) is 0 Å². The van der Waals surface area contributed by atoms with Crippen molar-refractivity contribution in [2.24, 2.45) is 0 Å². The third kappa shape index (κ3) is 2.05. The maximum atomic E-state index is 13.2. The molecule has 64 valence electrons. The largest absolute Gasteiger partial charge is 0.384 e. The van der Waals surface area contributed by atoms with E-state index in [9.17, 15) is 4.39 Å². The molecule has 0 amide bonds. The van der Waals surface area contributed by atoms with Crippen LogP contribution in [-0.4, -0.2) is 11.7 Å². The molecule has 0 atom stereocenters. The van der Waals surface area contributed by atoms with Gasteiger partial charge in [0.25, 0.3) is 0 Å². The van der Waals surface area contributed by atoms with Crippen molar-refractivity contribution in [1.29, 1.82) is 5.26 Å². The Bertz CT molecular complexity index is 409. The van der Waals surface area contributed by atoms with Crippen LogP contribution in [0.1, 0.15) is 11.1 Å². The van der Waals surface area contributed by atoms with Gasteiger partial charge in [0.1, 0.15) is 12.7 Å². The lowest BCUT2D eigenvalue weighted by Crippen LogP contribution is -1.88. The van der Waals surface area contributed by atoms with Crippen LogP contribution in [0.2, 0.25) is 0 Å². The Labute approximate surface area is 75.2 Å². The van der Waals surface area contributed by atoms with Gasteiger partial charge >= 0.3 is 0 Å². The Morgan fingerprint density at radius 1 is 1.38 bits per heavy atom. The normalized spacial score (nSPS) is 8.38. The molecule has 1 aromatic rings. The van der Waals surface area contributed by atoms with Crippen molar-refractivity contribution >= 4 is 0 Å². The second-order valence-electron chi connectivity index (χ2n) is 2.24. The number of nitriles is 1. The molecule has 0 fully saturated rings. The van der Waals surface area contributed by atoms with Crippen LogP contribution >= 0.6 is 0 Å². The molecule has 0 saturated carbocycles. The summed E-state index contributed by atoms with van der Waals surface area (Å²) < 4.78 is 13.2. The van der Waals surface area contributed by atoms with E-state index in [1.54, 1.807) is 12.1 Å². The molecule has 0 aliphatic heterocycles. The first kappa shape index (κ1) is 9.25. The predicted octanol–water partition coefficient (Wildman–Crippen LogP) is 1.04. The molecular formula is C10H6FNO. The standard InChI is InChI=1S/C10H6FNO/c11-10-8(5-2-6-13)3-1-4-9(10)7-12/h1,3-4,13H,6H2. The summed E-state index contributed by atoms with van der Waals surface area (Å²) >= 11 is 0. The van der Waals surface area contributed by atoms with Gasteiger partial charge in [-0.25, -0.2) is 4.39 Å². The highest BCUT2D eigenvalue weighted by Gasteiger charge is 2.03. The van der Waals surface area contributed by atoms with Crippen LogP contribution in [0, 0.1) is 29.0 Å². The van der Waals surface area contributed by atoms with Crippen molar-refractivity contribution in [3.63, 3.8) is 0 Å². The number of benzene rings is 1. The number of halogens is 1. The van der Waals surface area contributed by atoms with E-state index in [-0.39, 0.29) is 17.7 Å². The minimum absolute atomic E-state index is 0.0373. The molecule has 1 rings (SSSR count). The minimum Gasteiger partial charge on any atom is -0.384 e. The molecule has 0 bridgehead atoms. The first-order chi connectivity index (χ1) is 6.29. The summed E-state index contributed by atoms with van der Waals surface area (Å²) in [5.74, 6) is 4.09. The highest BCUT2D eigenvalue weighted by molar-refractivity contribution is 5.43. The minimum atomic E-state index is -0.633. The lowest BCUT2D eigenvalue weighted by Gasteiger charge is -1.94. The van der Waals surface area contributed by atoms with E-state index in [1.807, 2.05) is 0 Å². The Hall–Kier alpha value is -1.84. The fraction of sp³-hybridized carbons (Fsp3) is 0.100. The van der Waals surface area contributed by atoms with Crippen molar-refractivity contribution in [1.82, 2.24) is 0 Å². The summed E-state index contributed by atoms with van der Waals surface area (Å²) in [6, 6.07) is 6.08. The molecule has 1 aromatic carbocycles. The van der Waals surface area contributed by atoms with Gasteiger partial charge in [-0.1, -0.05) is 17.9 Å². The van der Waals surface area contributed by atoms with Crippen molar-refractivity contribution < 1.29 is 9.50 Å². The third-order valence-corrected chi connectivity index (χ3v) is 1.42. The highest BCUT2D eigenvalue weighted by atomic mass is 19.1. The summed E-state index contributed by atoms with van der Waals surface area (Å²) in [5.41, 5.74) is 0.0952. The Balaban J connectivity index is 3.18. The van der Waals surface area contributed by atoms with Crippen molar-refractivity contribution in [2.75, 3.05) is 6.61 Å². The van der Waals surface area contributed by atoms with E-state index in [0.29, 0.717) is 0 Å². The van der Waals surface area contributed by atoms with Crippen LogP contribution in [0.15, 0.2) is 18.2 Å². The third-order valence-electron chi connectivity index (χ3n) is 1.42. The van der Waals surface area contributed by atoms with E-state index < -0.39 is 5.82 Å². The number of nitrogens with zero attached hydrogens (tertiary/aromatic N) is 1. The summed E-state index contributed by atoms with van der Waals surface area (Å²) in [6.07, 6.45) is 0. The van der Waals surface area contributed by atoms with Gasteiger partial charge < -0.3 is 5.11 Å². The number of aliphatic hydroxyl groups excluding tert-OH is 1. The summed E-state index contributed by atoms with van der Waals surface area (Å²) in [5, 5.41) is 16.9. The number of aliphatic hydroxyl groups is 1. The molecule has 2 nitrogen and oxygen atoms in total. The maximum Gasteiger partial charge on any atom is 0.156 e. The van der Waals surface area contributed by atoms with E-state index in [1.165, 1.54) is 12.1 Å². The molecule has 0 radical (unpaired) electrons. The van der Waals surface area contributed by atoms with E-state index in [0.717, 1.165) is 0 Å². The van der Waals surface area contributed by atoms with Crippen LogP contribution in [0.5, 0.6) is 0 Å². The zero-order chi connectivity index (χ0) is 9.68. The Morgan fingerprint density at radius 2 is 2.08 bits per heavy atom. The fourth-order valence-corrected chi connectivity index (χ4v) is 0.850. The van der Waals surface area contributed by atoms with Gasteiger partial charge in [0, 0.05) is 0 Å². The highest BCUT2D eigenvalue weighted by Crippen LogP contribution is 2.10. The molecule has 0 aromatic heterocycles. The zero-order valence-electron chi connectivity index (χ0n) is 6.71. The lowest BCUT2D eigenvalue weighted by atomic mass is 10.1. The average molecular weight is 175 g/mol. The quantitative estimate of drug-likeness (QED) is 0.599. The molecule has 1 N–H and O–H groups in total. The van der Waals surface area contributed by atoms with Crippen molar-refractivity contribution in [3.8, 4) is 17.9 Å². The van der Waals surface area contributed by atoms with Crippen LogP contribution < -0.4 is 0 Å². The first-order valence-corrected chi connectivity index (χ1v) is 3.58. The summed E-state index contributed by atoms with van der Waals surface area (Å²) in [7, 11) is 0.